The van der Waals surface area contributed by atoms with Crippen LogP contribution in [0.4, 0.5) is 0 Å². The molecular weight excluding hydrogens is 397 g/mol. The SMILES string of the molecule is [B].[CH2-]C1CP(c2ccccc2)CC1[CH2-].[CH]1[CH][CH][CH][CH]1.[CH]1[CH][CH][CH][CH]1.[Zr+2]. The zero-order valence-electron chi connectivity index (χ0n) is 14.7. The number of benzene rings is 1. The molecule has 25 heavy (non-hydrogen) atoms. The normalized spacial score (nSPS) is 27.0. The van der Waals surface area contributed by atoms with Crippen molar-refractivity contribution in [2.75, 3.05) is 12.3 Å². The second-order valence-electron chi connectivity index (χ2n) is 5.69. The summed E-state index contributed by atoms with van der Waals surface area (Å²) in [6.45, 7) is 8.30. The van der Waals surface area contributed by atoms with E-state index < -0.39 is 0 Å². The van der Waals surface area contributed by atoms with E-state index >= 15 is 0 Å². The maximum absolute atomic E-state index is 4.15. The summed E-state index contributed by atoms with van der Waals surface area (Å²) in [6, 6.07) is 10.8. The van der Waals surface area contributed by atoms with E-state index in [-0.39, 0.29) is 42.5 Å². The molecule has 0 bridgehead atoms. The zero-order valence-corrected chi connectivity index (χ0v) is 18.0. The van der Waals surface area contributed by atoms with Crippen LogP contribution < -0.4 is 5.30 Å². The van der Waals surface area contributed by atoms with Gasteiger partial charge >= 0.3 is 26.2 Å². The van der Waals surface area contributed by atoms with Crippen LogP contribution in [0.25, 0.3) is 0 Å². The van der Waals surface area contributed by atoms with Crippen molar-refractivity contribution in [1.29, 1.82) is 0 Å². The van der Waals surface area contributed by atoms with Gasteiger partial charge in [0.25, 0.3) is 0 Å². The topological polar surface area (TPSA) is 0 Å². The van der Waals surface area contributed by atoms with E-state index in [1.54, 1.807) is 0 Å². The van der Waals surface area contributed by atoms with Gasteiger partial charge in [-0.05, 0) is 69.5 Å². The van der Waals surface area contributed by atoms with E-state index in [1.165, 1.54) is 17.6 Å². The molecule has 0 aromatic heterocycles. The summed E-state index contributed by atoms with van der Waals surface area (Å²) in [7, 11) is 0.0561. The van der Waals surface area contributed by atoms with Crippen molar-refractivity contribution < 1.29 is 26.2 Å². The van der Waals surface area contributed by atoms with Crippen LogP contribution in [0.5, 0.6) is 0 Å². The second kappa shape index (κ2) is 15.6. The number of rotatable bonds is 1. The molecule has 125 valence electrons. The fourth-order valence-electron chi connectivity index (χ4n) is 2.43. The van der Waals surface area contributed by atoms with Crippen LogP contribution in [0, 0.1) is 89.9 Å². The minimum absolute atomic E-state index is 0. The molecule has 1 saturated heterocycles. The van der Waals surface area contributed by atoms with Crippen molar-refractivity contribution in [3.63, 3.8) is 0 Å². The molecule has 3 fully saturated rings. The molecule has 2 saturated carbocycles. The minimum Gasteiger partial charge on any atom is -0.342 e. The molecule has 0 nitrogen and oxygen atoms in total. The van der Waals surface area contributed by atoms with E-state index in [0.717, 1.165) is 0 Å². The first-order chi connectivity index (χ1) is 11.3. The Morgan fingerprint density at radius 1 is 0.640 bits per heavy atom. The van der Waals surface area contributed by atoms with E-state index in [1.807, 2.05) is 64.2 Å². The molecule has 1 heterocycles. The third-order valence-electron chi connectivity index (χ3n) is 3.81. The van der Waals surface area contributed by atoms with Crippen LogP contribution in [0.2, 0.25) is 0 Å². The molecule has 1 aromatic rings. The molecule has 2 unspecified atom stereocenters. The predicted octanol–water partition coefficient (Wildman–Crippen LogP) is 4.37. The van der Waals surface area contributed by atoms with Gasteiger partial charge in [0, 0.05) is 8.41 Å². The summed E-state index contributed by atoms with van der Waals surface area (Å²) in [5, 5.41) is 1.53. The molecule has 1 aromatic carbocycles. The minimum atomic E-state index is 0. The quantitative estimate of drug-likeness (QED) is 0.358. The van der Waals surface area contributed by atoms with Gasteiger partial charge in [-0.2, -0.15) is 11.8 Å². The van der Waals surface area contributed by atoms with Gasteiger partial charge in [-0.25, -0.2) is 0 Å². The summed E-state index contributed by atoms with van der Waals surface area (Å²) < 4.78 is 0. The molecule has 13 radical (unpaired) electrons. The summed E-state index contributed by atoms with van der Waals surface area (Å²) in [4.78, 5) is 0. The molecule has 4 rings (SSSR count). The first kappa shape index (κ1) is 25.6. The summed E-state index contributed by atoms with van der Waals surface area (Å²) in [5.74, 6) is 1.15. The van der Waals surface area contributed by atoms with E-state index in [9.17, 15) is 0 Å². The molecule has 2 atom stereocenters. The molecule has 2 aliphatic carbocycles. The monoisotopic (exact) mass is 421 g/mol. The number of hydrogen-bond donors (Lipinski definition) is 0. The smallest absolute Gasteiger partial charge is 0.342 e. The van der Waals surface area contributed by atoms with Gasteiger partial charge in [0.1, 0.15) is 0 Å². The Balaban J connectivity index is 0.000000400. The van der Waals surface area contributed by atoms with Crippen LogP contribution in [-0.2, 0) is 26.2 Å². The molecule has 0 N–H and O–H groups in total. The van der Waals surface area contributed by atoms with Crippen molar-refractivity contribution in [1.82, 2.24) is 0 Å². The van der Waals surface area contributed by atoms with Gasteiger partial charge < -0.3 is 13.8 Å². The molecule has 1 aliphatic heterocycles. The fourth-order valence-corrected chi connectivity index (χ4v) is 5.32. The maximum Gasteiger partial charge on any atom is 2.00 e. The summed E-state index contributed by atoms with van der Waals surface area (Å²) in [5.41, 5.74) is 0. The van der Waals surface area contributed by atoms with Crippen molar-refractivity contribution >= 4 is 21.6 Å². The Morgan fingerprint density at radius 3 is 1.28 bits per heavy atom. The number of hydrogen-bond acceptors (Lipinski definition) is 0. The van der Waals surface area contributed by atoms with Crippen molar-refractivity contribution in [3.05, 3.63) is 108 Å². The summed E-state index contributed by atoms with van der Waals surface area (Å²) >= 11 is 0. The Labute approximate surface area is 179 Å². The van der Waals surface area contributed by atoms with E-state index in [2.05, 4.69) is 44.2 Å². The first-order valence-corrected chi connectivity index (χ1v) is 9.78. The standard InChI is InChI=1S/C12H15P.2C5H5.B.Zr/c1-10-8-13(9-11(10)2)12-6-4-3-5-7-12;2*1-2-4-5-3-1;;/h3-7,10-11H,1-2,8-9H2;2*1-5H;;/q-2;;;;+2. The second-order valence-corrected chi connectivity index (χ2v) is 8.01. The van der Waals surface area contributed by atoms with E-state index in [0.29, 0.717) is 11.8 Å². The zero-order chi connectivity index (χ0) is 16.3. The molecule has 3 aliphatic rings. The largest absolute Gasteiger partial charge is 2.00 e. The van der Waals surface area contributed by atoms with Crippen LogP contribution in [0.3, 0.4) is 0 Å². The molecule has 0 amide bonds. The van der Waals surface area contributed by atoms with Gasteiger partial charge in [-0.1, -0.05) is 50.6 Å². The van der Waals surface area contributed by atoms with Gasteiger partial charge in [0.05, 0.1) is 0 Å². The van der Waals surface area contributed by atoms with Crippen LogP contribution in [0.1, 0.15) is 0 Å². The third-order valence-corrected chi connectivity index (χ3v) is 6.66. The summed E-state index contributed by atoms with van der Waals surface area (Å²) in [6.07, 6.45) is 22.5. The van der Waals surface area contributed by atoms with Crippen LogP contribution in [0.15, 0.2) is 30.3 Å². The maximum atomic E-state index is 4.15. The Kier molecular flexibility index (Phi) is 16.0. The molecule has 0 spiro atoms. The van der Waals surface area contributed by atoms with Crippen molar-refractivity contribution in [3.8, 4) is 0 Å². The van der Waals surface area contributed by atoms with Crippen LogP contribution >= 0.6 is 7.92 Å². The fraction of sp³-hybridized carbons (Fsp3) is 0.182. The first-order valence-electron chi connectivity index (χ1n) is 8.07. The predicted molar refractivity (Wildman–Crippen MR) is 109 cm³/mol. The Hall–Kier alpha value is 0.598. The average Bonchev–Trinajstić information content (AvgIpc) is 3.35. The van der Waals surface area contributed by atoms with Gasteiger partial charge in [0.2, 0.25) is 0 Å². The Morgan fingerprint density at radius 2 is 0.960 bits per heavy atom. The third kappa shape index (κ3) is 10.5. The molecule has 3 heteroatoms. The van der Waals surface area contributed by atoms with Crippen LogP contribution in [-0.4, -0.2) is 20.7 Å². The van der Waals surface area contributed by atoms with E-state index in [4.69, 9.17) is 0 Å². The van der Waals surface area contributed by atoms with Gasteiger partial charge in [-0.3, -0.25) is 0 Å². The van der Waals surface area contributed by atoms with Gasteiger partial charge in [0.15, 0.2) is 0 Å². The van der Waals surface area contributed by atoms with Gasteiger partial charge in [-0.15, -0.1) is 0 Å². The Bertz CT molecular complexity index is 369. The van der Waals surface area contributed by atoms with Crippen molar-refractivity contribution in [2.24, 2.45) is 11.8 Å². The molecular formula is C22H25BPZr. The average molecular weight is 422 g/mol. The van der Waals surface area contributed by atoms with Crippen molar-refractivity contribution in [2.45, 2.75) is 0 Å².